The van der Waals surface area contributed by atoms with Crippen molar-refractivity contribution in [2.45, 2.75) is 24.8 Å². The maximum atomic E-state index is 12.5. The van der Waals surface area contributed by atoms with Crippen LogP contribution in [0.4, 0.5) is 5.69 Å². The number of carbonyl (C=O) groups is 1. The van der Waals surface area contributed by atoms with E-state index in [-0.39, 0.29) is 18.2 Å². The van der Waals surface area contributed by atoms with E-state index in [1.165, 1.54) is 12.1 Å². The van der Waals surface area contributed by atoms with Crippen LogP contribution in [0, 0.1) is 0 Å². The maximum Gasteiger partial charge on any atom is 0.336 e. The van der Waals surface area contributed by atoms with Gasteiger partial charge in [0.05, 0.1) is 12.7 Å². The minimum absolute atomic E-state index is 0.0943. The molecule has 0 saturated heterocycles. The number of nitrogens with one attached hydrogen (secondary N) is 2. The molecule has 1 heterocycles. The van der Waals surface area contributed by atoms with Gasteiger partial charge in [0.25, 0.3) is 5.91 Å². The lowest BCUT2D eigenvalue weighted by molar-refractivity contribution is -0.885. The number of quaternary nitrogens is 1. The van der Waals surface area contributed by atoms with Gasteiger partial charge in [0.1, 0.15) is 17.9 Å². The van der Waals surface area contributed by atoms with E-state index in [1.807, 2.05) is 50.6 Å². The molecule has 1 unspecified atom stereocenters. The molecule has 0 radical (unpaired) electrons. The lowest BCUT2D eigenvalue weighted by Gasteiger charge is -2.16. The summed E-state index contributed by atoms with van der Waals surface area (Å²) in [6.07, 6.45) is 2.64. The predicted octanol–water partition coefficient (Wildman–Crippen LogP) is 2.44. The first kappa shape index (κ1) is 21.0. The number of carbonyl (C=O) groups excluding carboxylic acids is 1. The Kier molecular flexibility index (Phi) is 6.61. The summed E-state index contributed by atoms with van der Waals surface area (Å²) in [5.74, 6) is 0.0241. The number of rotatable bonds is 7. The van der Waals surface area contributed by atoms with Crippen molar-refractivity contribution in [3.8, 4) is 5.75 Å². The number of aromatic hydroxyl groups is 1. The third-order valence-electron chi connectivity index (χ3n) is 4.75. The zero-order valence-corrected chi connectivity index (χ0v) is 17.6. The van der Waals surface area contributed by atoms with Gasteiger partial charge in [-0.3, -0.25) is 4.79 Å². The van der Waals surface area contributed by atoms with Gasteiger partial charge in [0.15, 0.2) is 6.54 Å². The summed E-state index contributed by atoms with van der Waals surface area (Å²) < 4.78 is 5.24. The molecule has 0 bridgehead atoms. The van der Waals surface area contributed by atoms with E-state index in [1.54, 1.807) is 11.8 Å². The summed E-state index contributed by atoms with van der Waals surface area (Å²) in [4.78, 5) is 26.4. The lowest BCUT2D eigenvalue weighted by Crippen LogP contribution is -3.08. The Morgan fingerprint density at radius 1 is 1.21 bits per heavy atom. The molecule has 152 valence electrons. The van der Waals surface area contributed by atoms with E-state index in [0.717, 1.165) is 32.0 Å². The SMILES string of the molecule is CCc1cc2c(C[NH+](C)CC(=O)Nc3ccccc3SC)cc(=O)oc2cc1O. The summed E-state index contributed by atoms with van der Waals surface area (Å²) in [6.45, 7) is 2.69. The second kappa shape index (κ2) is 9.15. The number of thioether (sulfide) groups is 1. The maximum absolute atomic E-state index is 12.5. The van der Waals surface area contributed by atoms with Crippen molar-refractivity contribution in [3.63, 3.8) is 0 Å². The van der Waals surface area contributed by atoms with E-state index in [2.05, 4.69) is 5.32 Å². The molecule has 1 atom stereocenters. The minimum atomic E-state index is -0.470. The van der Waals surface area contributed by atoms with E-state index in [4.69, 9.17) is 4.42 Å². The van der Waals surface area contributed by atoms with Crippen LogP contribution in [0.5, 0.6) is 5.75 Å². The van der Waals surface area contributed by atoms with E-state index in [9.17, 15) is 14.7 Å². The van der Waals surface area contributed by atoms with Gasteiger partial charge in [0.2, 0.25) is 0 Å². The molecule has 0 aliphatic rings. The quantitative estimate of drug-likeness (QED) is 0.409. The summed E-state index contributed by atoms with van der Waals surface area (Å²) in [6, 6.07) is 12.5. The van der Waals surface area contributed by atoms with Gasteiger partial charge in [-0.15, -0.1) is 11.8 Å². The van der Waals surface area contributed by atoms with Crippen LogP contribution in [0.2, 0.25) is 0 Å². The van der Waals surface area contributed by atoms with Gasteiger partial charge in [-0.1, -0.05) is 19.1 Å². The smallest absolute Gasteiger partial charge is 0.336 e. The molecule has 1 amide bonds. The summed E-state index contributed by atoms with van der Waals surface area (Å²) in [7, 11) is 1.90. The zero-order valence-electron chi connectivity index (χ0n) is 16.7. The molecule has 3 rings (SSSR count). The number of phenols is 1. The number of likely N-dealkylation sites (N-methyl/N-ethyl adjacent to an activating group) is 1. The van der Waals surface area contributed by atoms with Crippen LogP contribution in [-0.2, 0) is 17.8 Å². The molecule has 0 aliphatic carbocycles. The topological polar surface area (TPSA) is 84.0 Å². The van der Waals surface area contributed by atoms with Gasteiger partial charge in [-0.25, -0.2) is 4.79 Å². The number of phenolic OH excluding ortho intramolecular Hbond substituents is 1. The average molecular weight is 414 g/mol. The Labute approximate surface area is 173 Å². The number of amides is 1. The van der Waals surface area contributed by atoms with Crippen LogP contribution in [0.25, 0.3) is 11.0 Å². The molecule has 2 aromatic carbocycles. The standard InChI is InChI=1S/C22H24N2O4S/c1-4-14-9-16-15(10-22(27)28-19(16)11-18(14)25)12-24(2)13-21(26)23-17-7-5-6-8-20(17)29-3/h5-11,25H,4,12-13H2,1-3H3,(H,23,26)/p+1. The fraction of sp³-hybridized carbons (Fsp3) is 0.273. The largest absolute Gasteiger partial charge is 0.508 e. The van der Waals surface area contributed by atoms with Crippen molar-refractivity contribution >= 4 is 34.3 Å². The Morgan fingerprint density at radius 2 is 1.97 bits per heavy atom. The molecule has 3 N–H and O–H groups in total. The number of hydrogen-bond acceptors (Lipinski definition) is 5. The van der Waals surface area contributed by atoms with Gasteiger partial charge in [0, 0.05) is 28.0 Å². The Balaban J connectivity index is 1.78. The van der Waals surface area contributed by atoms with Gasteiger partial charge < -0.3 is 19.7 Å². The highest BCUT2D eigenvalue weighted by Gasteiger charge is 2.16. The number of hydrogen-bond donors (Lipinski definition) is 3. The second-order valence-corrected chi connectivity index (χ2v) is 7.83. The molecule has 1 aromatic heterocycles. The summed E-state index contributed by atoms with van der Waals surface area (Å²) in [5, 5.41) is 13.8. The van der Waals surface area contributed by atoms with Crippen LogP contribution >= 0.6 is 11.8 Å². The summed E-state index contributed by atoms with van der Waals surface area (Å²) >= 11 is 1.58. The van der Waals surface area contributed by atoms with Crippen molar-refractivity contribution in [2.75, 3.05) is 25.2 Å². The number of benzene rings is 2. The molecule has 7 heteroatoms. The van der Waals surface area contributed by atoms with Crippen molar-refractivity contribution in [2.24, 2.45) is 0 Å². The van der Waals surface area contributed by atoms with E-state index < -0.39 is 5.63 Å². The molecule has 3 aromatic rings. The van der Waals surface area contributed by atoms with Gasteiger partial charge in [-0.2, -0.15) is 0 Å². The average Bonchev–Trinajstić information content (AvgIpc) is 2.67. The summed E-state index contributed by atoms with van der Waals surface area (Å²) in [5.41, 5.74) is 2.26. The van der Waals surface area contributed by atoms with Crippen molar-refractivity contribution in [1.82, 2.24) is 0 Å². The Hall–Kier alpha value is -2.77. The van der Waals surface area contributed by atoms with Crippen LogP contribution in [0.1, 0.15) is 18.1 Å². The van der Waals surface area contributed by atoms with E-state index in [0.29, 0.717) is 18.5 Å². The first-order chi connectivity index (χ1) is 13.9. The lowest BCUT2D eigenvalue weighted by atomic mass is 10.0. The van der Waals surface area contributed by atoms with Crippen LogP contribution in [-0.4, -0.2) is 30.9 Å². The molecular formula is C22H25N2O4S+. The van der Waals surface area contributed by atoms with Crippen LogP contribution < -0.4 is 15.8 Å². The molecule has 6 nitrogen and oxygen atoms in total. The van der Waals surface area contributed by atoms with Gasteiger partial charge >= 0.3 is 5.63 Å². The normalized spacial score (nSPS) is 12.1. The third kappa shape index (κ3) is 4.99. The molecule has 0 saturated carbocycles. The highest BCUT2D eigenvalue weighted by atomic mass is 32.2. The second-order valence-electron chi connectivity index (χ2n) is 6.98. The molecule has 0 aliphatic heterocycles. The third-order valence-corrected chi connectivity index (χ3v) is 5.54. The number of fused-ring (bicyclic) bond motifs is 1. The zero-order chi connectivity index (χ0) is 21.0. The first-order valence-electron chi connectivity index (χ1n) is 9.44. The van der Waals surface area contributed by atoms with Crippen molar-refractivity contribution in [1.29, 1.82) is 0 Å². The number of anilines is 1. The minimum Gasteiger partial charge on any atom is -0.508 e. The molecule has 29 heavy (non-hydrogen) atoms. The van der Waals surface area contributed by atoms with E-state index >= 15 is 0 Å². The fourth-order valence-corrected chi connectivity index (χ4v) is 3.89. The highest BCUT2D eigenvalue weighted by molar-refractivity contribution is 7.98. The molecular weight excluding hydrogens is 388 g/mol. The van der Waals surface area contributed by atoms with Crippen LogP contribution in [0.3, 0.4) is 0 Å². The highest BCUT2D eigenvalue weighted by Crippen LogP contribution is 2.27. The van der Waals surface area contributed by atoms with Crippen LogP contribution in [0.15, 0.2) is 56.6 Å². The first-order valence-corrected chi connectivity index (χ1v) is 10.7. The van der Waals surface area contributed by atoms with Crippen molar-refractivity contribution < 1.29 is 19.2 Å². The molecule has 0 spiro atoms. The fourth-order valence-electron chi connectivity index (χ4n) is 3.34. The predicted molar refractivity (Wildman–Crippen MR) is 116 cm³/mol. The monoisotopic (exact) mass is 413 g/mol. The number of aryl methyl sites for hydroxylation is 1. The van der Waals surface area contributed by atoms with Gasteiger partial charge in [-0.05, 0) is 36.4 Å². The molecule has 0 fully saturated rings. The number of para-hydroxylation sites is 1. The Morgan fingerprint density at radius 3 is 2.69 bits per heavy atom. The van der Waals surface area contributed by atoms with Crippen molar-refractivity contribution in [3.05, 3.63) is 64.0 Å². The Bertz CT molecular complexity index is 1090.